The molecule has 3 amide bonds. The fourth-order valence-corrected chi connectivity index (χ4v) is 8.47. The summed E-state index contributed by atoms with van der Waals surface area (Å²) in [5, 5.41) is 9.24. The third-order valence-electron chi connectivity index (χ3n) is 11.3. The van der Waals surface area contributed by atoms with Crippen LogP contribution in [0.1, 0.15) is 171 Å². The summed E-state index contributed by atoms with van der Waals surface area (Å²) in [6.07, 6.45) is 15.8. The molecule has 14 heteroatoms. The Bertz CT molecular complexity index is 1600. The Labute approximate surface area is 389 Å². The van der Waals surface area contributed by atoms with E-state index in [0.29, 0.717) is 53.2 Å². The second-order valence-electron chi connectivity index (χ2n) is 16.5. The highest BCUT2D eigenvalue weighted by atomic mass is 31.2. The maximum atomic E-state index is 15.1. The molecule has 3 N–H and O–H groups in total. The first-order valence-corrected chi connectivity index (χ1v) is 25.4. The second kappa shape index (κ2) is 32.3. The van der Waals surface area contributed by atoms with E-state index in [1.54, 1.807) is 57.7 Å². The Morgan fingerprint density at radius 3 is 0.892 bits per heavy atom. The van der Waals surface area contributed by atoms with Crippen molar-refractivity contribution in [2.45, 2.75) is 154 Å². The molecule has 3 atom stereocenters. The Morgan fingerprint density at radius 1 is 0.415 bits per heavy atom. The zero-order valence-electron chi connectivity index (χ0n) is 40.0. The summed E-state index contributed by atoms with van der Waals surface area (Å²) >= 11 is 0. The van der Waals surface area contributed by atoms with Gasteiger partial charge in [-0.3, -0.25) is 28.0 Å². The number of amides is 3. The van der Waals surface area contributed by atoms with Crippen molar-refractivity contribution in [1.82, 2.24) is 16.0 Å². The number of nitrogens with one attached hydrogen (secondary N) is 3. The lowest BCUT2D eigenvalue weighted by Gasteiger charge is -2.27. The lowest BCUT2D eigenvalue weighted by molar-refractivity contribution is -0.122. The molecule has 0 heterocycles. The Morgan fingerprint density at radius 2 is 0.662 bits per heavy atom. The molecule has 0 spiro atoms. The SMILES string of the molecule is CCCCCCCC(=O)NC(COP(=O)(OCC(NC(=O)CCCCCCC)c1ccc(OC)cc1)OCC(NC(=O)CCCCCCC)c1ccc(OC)cc1)c1ccc(OC)cc1. The van der Waals surface area contributed by atoms with Gasteiger partial charge in [0.15, 0.2) is 0 Å². The zero-order chi connectivity index (χ0) is 47.1. The van der Waals surface area contributed by atoms with Crippen LogP contribution in [-0.2, 0) is 32.5 Å². The number of hydrogen-bond donors (Lipinski definition) is 3. The first-order chi connectivity index (χ1) is 31.6. The molecule has 3 unspecified atom stereocenters. The van der Waals surface area contributed by atoms with Gasteiger partial charge in [-0.1, -0.05) is 134 Å². The fraction of sp³-hybridized carbons (Fsp3) is 0.588. The number of methoxy groups -OCH3 is 3. The van der Waals surface area contributed by atoms with Crippen molar-refractivity contribution in [3.63, 3.8) is 0 Å². The molecule has 65 heavy (non-hydrogen) atoms. The van der Waals surface area contributed by atoms with Gasteiger partial charge < -0.3 is 30.2 Å². The number of phosphoric acid groups is 1. The second-order valence-corrected chi connectivity index (χ2v) is 18.2. The average molecular weight is 924 g/mol. The molecule has 3 aromatic rings. The highest BCUT2D eigenvalue weighted by molar-refractivity contribution is 7.48. The monoisotopic (exact) mass is 924 g/mol. The molecule has 0 fully saturated rings. The lowest BCUT2D eigenvalue weighted by atomic mass is 10.1. The molecule has 0 aromatic heterocycles. The molecular weight excluding hydrogens is 846 g/mol. The number of carbonyl (C=O) groups is 3. The molecule has 0 saturated carbocycles. The molecule has 0 aliphatic rings. The predicted octanol–water partition coefficient (Wildman–Crippen LogP) is 11.8. The summed E-state index contributed by atoms with van der Waals surface area (Å²) in [7, 11) is 0.176. The van der Waals surface area contributed by atoms with Crippen LogP contribution in [0.5, 0.6) is 17.2 Å². The number of ether oxygens (including phenoxy) is 3. The largest absolute Gasteiger partial charge is 0.497 e. The van der Waals surface area contributed by atoms with Crippen molar-refractivity contribution in [2.24, 2.45) is 0 Å². The van der Waals surface area contributed by atoms with E-state index >= 15 is 4.57 Å². The van der Waals surface area contributed by atoms with E-state index in [-0.39, 0.29) is 37.5 Å². The van der Waals surface area contributed by atoms with E-state index in [2.05, 4.69) is 36.7 Å². The van der Waals surface area contributed by atoms with E-state index in [1.807, 2.05) is 36.4 Å². The van der Waals surface area contributed by atoms with Gasteiger partial charge in [0.2, 0.25) is 17.7 Å². The summed E-state index contributed by atoms with van der Waals surface area (Å²) in [6.45, 7) is 5.61. The van der Waals surface area contributed by atoms with Gasteiger partial charge in [0.1, 0.15) is 17.2 Å². The number of carbonyl (C=O) groups excluding carboxylic acids is 3. The number of rotatable bonds is 36. The normalized spacial score (nSPS) is 13.5. The summed E-state index contributed by atoms with van der Waals surface area (Å²) in [6, 6.07) is 19.4. The molecule has 3 aromatic carbocycles. The van der Waals surface area contributed by atoms with Crippen molar-refractivity contribution in [3.8, 4) is 17.2 Å². The minimum absolute atomic E-state index is 0.170. The molecule has 0 aliphatic heterocycles. The van der Waals surface area contributed by atoms with Gasteiger partial charge in [-0.05, 0) is 72.4 Å². The van der Waals surface area contributed by atoms with Crippen LogP contribution in [0.3, 0.4) is 0 Å². The molecule has 0 saturated heterocycles. The number of unbranched alkanes of at least 4 members (excludes halogenated alkanes) is 12. The standard InChI is InChI=1S/C51H78N3O10P/c1-7-10-13-16-19-22-49(55)52-46(40-25-31-43(59-4)32-26-40)37-62-65(58,63-38-47(41-27-33-44(60-5)34-28-41)53-50(56)23-20-17-14-11-8-2)64-39-48(42-29-35-45(61-6)36-30-42)54-51(57)24-21-18-15-12-9-3/h25-36,46-48H,7-24,37-39H2,1-6H3,(H,52,55)(H,53,56)(H,54,57). The van der Waals surface area contributed by atoms with E-state index in [0.717, 1.165) is 96.3 Å². The van der Waals surface area contributed by atoms with Crippen molar-refractivity contribution in [2.75, 3.05) is 41.2 Å². The highest BCUT2D eigenvalue weighted by Gasteiger charge is 2.33. The fourth-order valence-electron chi connectivity index (χ4n) is 7.25. The van der Waals surface area contributed by atoms with E-state index in [1.165, 1.54) is 0 Å². The molecule has 362 valence electrons. The van der Waals surface area contributed by atoms with Crippen molar-refractivity contribution < 1.29 is 46.7 Å². The van der Waals surface area contributed by atoms with Gasteiger partial charge in [-0.25, -0.2) is 4.57 Å². The van der Waals surface area contributed by atoms with Crippen LogP contribution in [0, 0.1) is 0 Å². The van der Waals surface area contributed by atoms with Gasteiger partial charge in [0.25, 0.3) is 0 Å². The van der Waals surface area contributed by atoms with Gasteiger partial charge in [0.05, 0.1) is 59.3 Å². The molecule has 3 rings (SSSR count). The van der Waals surface area contributed by atoms with E-state index in [9.17, 15) is 14.4 Å². The van der Waals surface area contributed by atoms with Crippen LogP contribution >= 0.6 is 7.82 Å². The summed E-state index contributed by atoms with van der Waals surface area (Å²) in [5.41, 5.74) is 2.09. The van der Waals surface area contributed by atoms with Crippen molar-refractivity contribution >= 4 is 25.5 Å². The van der Waals surface area contributed by atoms with Crippen molar-refractivity contribution in [1.29, 1.82) is 0 Å². The van der Waals surface area contributed by atoms with Crippen LogP contribution in [0.4, 0.5) is 0 Å². The quantitative estimate of drug-likeness (QED) is 0.0378. The summed E-state index contributed by atoms with van der Waals surface area (Å²) < 4.78 is 50.0. The predicted molar refractivity (Wildman–Crippen MR) is 257 cm³/mol. The summed E-state index contributed by atoms with van der Waals surface area (Å²) in [5.74, 6) is 1.39. The van der Waals surface area contributed by atoms with E-state index in [4.69, 9.17) is 27.8 Å². The first-order valence-electron chi connectivity index (χ1n) is 23.9. The van der Waals surface area contributed by atoms with Gasteiger partial charge in [-0.2, -0.15) is 0 Å². The molecule has 0 radical (unpaired) electrons. The first kappa shape index (κ1) is 54.9. The molecule has 13 nitrogen and oxygen atoms in total. The van der Waals surface area contributed by atoms with Gasteiger partial charge >= 0.3 is 7.82 Å². The highest BCUT2D eigenvalue weighted by Crippen LogP contribution is 2.51. The number of benzene rings is 3. The Balaban J connectivity index is 1.96. The smallest absolute Gasteiger partial charge is 0.475 e. The van der Waals surface area contributed by atoms with E-state index < -0.39 is 25.9 Å². The van der Waals surface area contributed by atoms with Crippen LogP contribution in [0.15, 0.2) is 72.8 Å². The minimum Gasteiger partial charge on any atom is -0.497 e. The third kappa shape index (κ3) is 22.1. The minimum atomic E-state index is -4.55. The van der Waals surface area contributed by atoms with Gasteiger partial charge in [0, 0.05) is 19.3 Å². The van der Waals surface area contributed by atoms with Crippen LogP contribution in [-0.4, -0.2) is 58.9 Å². The number of phosphoric ester groups is 1. The maximum absolute atomic E-state index is 15.1. The number of hydrogen-bond acceptors (Lipinski definition) is 10. The molecule has 0 aliphatic carbocycles. The van der Waals surface area contributed by atoms with Crippen LogP contribution < -0.4 is 30.2 Å². The third-order valence-corrected chi connectivity index (χ3v) is 12.7. The summed E-state index contributed by atoms with van der Waals surface area (Å²) in [4.78, 5) is 40.1. The Hall–Kier alpha value is -4.42. The molecular formula is C51H78N3O10P. The topological polar surface area (TPSA) is 160 Å². The molecule has 0 bridgehead atoms. The maximum Gasteiger partial charge on any atom is 0.475 e. The average Bonchev–Trinajstić information content (AvgIpc) is 3.33. The van der Waals surface area contributed by atoms with Gasteiger partial charge in [-0.15, -0.1) is 0 Å². The van der Waals surface area contributed by atoms with Crippen LogP contribution in [0.25, 0.3) is 0 Å². The Kier molecular flexibility index (Phi) is 27.3. The van der Waals surface area contributed by atoms with Crippen LogP contribution in [0.2, 0.25) is 0 Å². The zero-order valence-corrected chi connectivity index (χ0v) is 40.9. The van der Waals surface area contributed by atoms with Crippen molar-refractivity contribution in [3.05, 3.63) is 89.5 Å². The lowest BCUT2D eigenvalue weighted by Crippen LogP contribution is -2.33.